The van der Waals surface area contributed by atoms with Crippen LogP contribution in [0.2, 0.25) is 0 Å². The van der Waals surface area contributed by atoms with Gasteiger partial charge < -0.3 is 10.1 Å². The number of nitrogens with two attached hydrogens (primary N) is 1. The van der Waals surface area contributed by atoms with Crippen molar-refractivity contribution in [3.8, 4) is 0 Å². The Kier molecular flexibility index (Phi) is 6.79. The van der Waals surface area contributed by atoms with Crippen molar-refractivity contribution < 1.29 is 17.9 Å². The number of carbonyl (C=O) groups excluding carboxylic acids is 1. The summed E-state index contributed by atoms with van der Waals surface area (Å²) in [6.45, 7) is 5.46. The number of rotatable bonds is 7. The number of nitrogens with one attached hydrogen (secondary N) is 1. The predicted molar refractivity (Wildman–Crippen MR) is 83.5 cm³/mol. The van der Waals surface area contributed by atoms with E-state index in [2.05, 4.69) is 21.2 Å². The Balaban J connectivity index is 2.63. The number of primary sulfonamides is 1. The Morgan fingerprint density at radius 2 is 2.10 bits per heavy atom. The maximum Gasteiger partial charge on any atom is 0.251 e. The van der Waals surface area contributed by atoms with Gasteiger partial charge >= 0.3 is 0 Å². The van der Waals surface area contributed by atoms with Gasteiger partial charge in [0.05, 0.1) is 11.5 Å². The zero-order valence-electron chi connectivity index (χ0n) is 11.9. The van der Waals surface area contributed by atoms with Crippen molar-refractivity contribution >= 4 is 31.9 Å². The van der Waals surface area contributed by atoms with E-state index in [1.54, 1.807) is 0 Å². The third-order valence-corrected chi connectivity index (χ3v) is 4.39. The second-order valence-electron chi connectivity index (χ2n) is 4.91. The molecular formula is C13H19BrN2O4S. The van der Waals surface area contributed by atoms with Crippen LogP contribution >= 0.6 is 15.9 Å². The van der Waals surface area contributed by atoms with Crippen LogP contribution in [0.3, 0.4) is 0 Å². The van der Waals surface area contributed by atoms with Crippen molar-refractivity contribution in [1.29, 1.82) is 0 Å². The molecule has 0 atom stereocenters. The van der Waals surface area contributed by atoms with Gasteiger partial charge in [-0.3, -0.25) is 4.79 Å². The molecular weight excluding hydrogens is 360 g/mol. The summed E-state index contributed by atoms with van der Waals surface area (Å²) in [5.74, 6) is 0.0602. The molecule has 6 nitrogen and oxygen atoms in total. The predicted octanol–water partition coefficient (Wildman–Crippen LogP) is 1.50. The van der Waals surface area contributed by atoms with Gasteiger partial charge in [-0.05, 0) is 40.0 Å². The molecule has 1 aromatic rings. The second kappa shape index (κ2) is 7.88. The fraction of sp³-hybridized carbons (Fsp3) is 0.462. The lowest BCUT2D eigenvalue weighted by Crippen LogP contribution is -2.28. The van der Waals surface area contributed by atoms with E-state index in [1.807, 2.05) is 13.8 Å². The SMILES string of the molecule is CC(C)COCCNC(=O)c1ccc(Br)c(S(N)(=O)=O)c1. The van der Waals surface area contributed by atoms with Gasteiger partial charge in [-0.25, -0.2) is 13.6 Å². The van der Waals surface area contributed by atoms with Crippen molar-refractivity contribution in [2.75, 3.05) is 19.8 Å². The van der Waals surface area contributed by atoms with E-state index >= 15 is 0 Å². The second-order valence-corrected chi connectivity index (χ2v) is 7.30. The minimum atomic E-state index is -3.88. The molecule has 0 aliphatic rings. The van der Waals surface area contributed by atoms with Crippen LogP contribution in [0, 0.1) is 5.92 Å². The highest BCUT2D eigenvalue weighted by atomic mass is 79.9. The summed E-state index contributed by atoms with van der Waals surface area (Å²) < 4.78 is 28.4. The number of benzene rings is 1. The van der Waals surface area contributed by atoms with Crippen LogP contribution in [-0.2, 0) is 14.8 Å². The normalized spacial score (nSPS) is 11.7. The number of hydrogen-bond acceptors (Lipinski definition) is 4. The third kappa shape index (κ3) is 6.13. The average molecular weight is 379 g/mol. The van der Waals surface area contributed by atoms with Crippen molar-refractivity contribution in [1.82, 2.24) is 5.32 Å². The first kappa shape index (κ1) is 18.1. The van der Waals surface area contributed by atoms with Crippen molar-refractivity contribution in [3.05, 3.63) is 28.2 Å². The zero-order chi connectivity index (χ0) is 16.0. The molecule has 0 aromatic heterocycles. The Bertz CT molecular complexity index is 602. The number of halogens is 1. The highest BCUT2D eigenvalue weighted by Crippen LogP contribution is 2.21. The molecule has 0 spiro atoms. The van der Waals surface area contributed by atoms with Gasteiger partial charge in [-0.1, -0.05) is 13.8 Å². The van der Waals surface area contributed by atoms with Crippen molar-refractivity contribution in [2.24, 2.45) is 11.1 Å². The monoisotopic (exact) mass is 378 g/mol. The summed E-state index contributed by atoms with van der Waals surface area (Å²) in [7, 11) is -3.88. The zero-order valence-corrected chi connectivity index (χ0v) is 14.3. The van der Waals surface area contributed by atoms with E-state index in [4.69, 9.17) is 9.88 Å². The standard InChI is InChI=1S/C13H19BrN2O4S/c1-9(2)8-20-6-5-16-13(17)10-3-4-11(14)12(7-10)21(15,18)19/h3-4,7,9H,5-6,8H2,1-2H3,(H,16,17)(H2,15,18,19). The molecule has 0 saturated heterocycles. The number of hydrogen-bond donors (Lipinski definition) is 2. The first-order valence-corrected chi connectivity index (χ1v) is 8.74. The number of amides is 1. The molecule has 1 aromatic carbocycles. The lowest BCUT2D eigenvalue weighted by molar-refractivity contribution is 0.0886. The molecule has 0 heterocycles. The van der Waals surface area contributed by atoms with Gasteiger partial charge in [0, 0.05) is 23.2 Å². The largest absolute Gasteiger partial charge is 0.379 e. The summed E-state index contributed by atoms with van der Waals surface area (Å²) in [6, 6.07) is 4.23. The van der Waals surface area contributed by atoms with Crippen LogP contribution in [0.25, 0.3) is 0 Å². The molecule has 0 saturated carbocycles. The minimum absolute atomic E-state index is 0.119. The van der Waals surface area contributed by atoms with Crippen LogP contribution in [0.5, 0.6) is 0 Å². The molecule has 21 heavy (non-hydrogen) atoms. The van der Waals surface area contributed by atoms with Crippen LogP contribution in [0.15, 0.2) is 27.6 Å². The van der Waals surface area contributed by atoms with Crippen LogP contribution in [-0.4, -0.2) is 34.1 Å². The average Bonchev–Trinajstić information content (AvgIpc) is 2.36. The highest BCUT2D eigenvalue weighted by Gasteiger charge is 2.15. The molecule has 8 heteroatoms. The number of carbonyl (C=O) groups is 1. The highest BCUT2D eigenvalue weighted by molar-refractivity contribution is 9.10. The summed E-state index contributed by atoms with van der Waals surface area (Å²) in [5, 5.41) is 7.74. The van der Waals surface area contributed by atoms with Gasteiger partial charge in [0.25, 0.3) is 5.91 Å². The van der Waals surface area contributed by atoms with Gasteiger partial charge in [-0.15, -0.1) is 0 Å². The molecule has 0 unspecified atom stereocenters. The van der Waals surface area contributed by atoms with E-state index in [1.165, 1.54) is 18.2 Å². The quantitative estimate of drug-likeness (QED) is 0.702. The molecule has 0 aliphatic heterocycles. The first-order chi connectivity index (χ1) is 9.71. The van der Waals surface area contributed by atoms with Gasteiger partial charge in [0.2, 0.25) is 10.0 Å². The Morgan fingerprint density at radius 3 is 2.67 bits per heavy atom. The fourth-order valence-electron chi connectivity index (χ4n) is 1.52. The molecule has 0 radical (unpaired) electrons. The molecule has 0 aliphatic carbocycles. The number of sulfonamides is 1. The van der Waals surface area contributed by atoms with Crippen LogP contribution in [0.4, 0.5) is 0 Å². The van der Waals surface area contributed by atoms with E-state index in [-0.39, 0.29) is 16.4 Å². The van der Waals surface area contributed by atoms with Crippen LogP contribution < -0.4 is 10.5 Å². The molecule has 1 amide bonds. The van der Waals surface area contributed by atoms with Gasteiger partial charge in [0.1, 0.15) is 0 Å². The smallest absolute Gasteiger partial charge is 0.251 e. The molecule has 0 fully saturated rings. The van der Waals surface area contributed by atoms with E-state index < -0.39 is 10.0 Å². The summed E-state index contributed by atoms with van der Waals surface area (Å²) in [5.41, 5.74) is 0.228. The van der Waals surface area contributed by atoms with Crippen LogP contribution in [0.1, 0.15) is 24.2 Å². The lowest BCUT2D eigenvalue weighted by atomic mass is 10.2. The van der Waals surface area contributed by atoms with Crippen molar-refractivity contribution in [2.45, 2.75) is 18.7 Å². The number of ether oxygens (including phenoxy) is 1. The minimum Gasteiger partial charge on any atom is -0.379 e. The lowest BCUT2D eigenvalue weighted by Gasteiger charge is -2.09. The summed E-state index contributed by atoms with van der Waals surface area (Å²) in [4.78, 5) is 11.8. The summed E-state index contributed by atoms with van der Waals surface area (Å²) in [6.07, 6.45) is 0. The van der Waals surface area contributed by atoms with Gasteiger partial charge in [0.15, 0.2) is 0 Å². The first-order valence-electron chi connectivity index (χ1n) is 6.40. The van der Waals surface area contributed by atoms with E-state index in [0.29, 0.717) is 30.1 Å². The molecule has 0 bridgehead atoms. The fourth-order valence-corrected chi connectivity index (χ4v) is 3.08. The Hall–Kier alpha value is -0.960. The Labute approximate surface area is 133 Å². The summed E-state index contributed by atoms with van der Waals surface area (Å²) >= 11 is 3.09. The Morgan fingerprint density at radius 1 is 1.43 bits per heavy atom. The molecule has 118 valence electrons. The van der Waals surface area contributed by atoms with E-state index in [0.717, 1.165) is 0 Å². The van der Waals surface area contributed by atoms with E-state index in [9.17, 15) is 13.2 Å². The maximum absolute atomic E-state index is 11.9. The topological polar surface area (TPSA) is 98.5 Å². The molecule has 1 rings (SSSR count). The van der Waals surface area contributed by atoms with Crippen molar-refractivity contribution in [3.63, 3.8) is 0 Å². The molecule has 3 N–H and O–H groups in total. The maximum atomic E-state index is 11.9. The third-order valence-electron chi connectivity index (χ3n) is 2.48. The van der Waals surface area contributed by atoms with Gasteiger partial charge in [-0.2, -0.15) is 0 Å².